The maximum absolute atomic E-state index is 10.7. The van der Waals surface area contributed by atoms with Crippen LogP contribution < -0.4 is 5.11 Å². The largest absolute Gasteiger partial charge is 0.541 e. The van der Waals surface area contributed by atoms with E-state index in [1.807, 2.05) is 0 Å². The van der Waals surface area contributed by atoms with Crippen LogP contribution in [0.25, 0.3) is 0 Å². The first-order valence-electron chi connectivity index (χ1n) is 9.62. The van der Waals surface area contributed by atoms with Gasteiger partial charge in [-0.1, -0.05) is 121 Å². The van der Waals surface area contributed by atoms with Crippen molar-refractivity contribution in [2.75, 3.05) is 0 Å². The Balaban J connectivity index is 0.000000199. The Morgan fingerprint density at radius 1 is 0.500 bits per heavy atom. The van der Waals surface area contributed by atoms with Crippen LogP contribution in [0.1, 0.15) is 33.0 Å². The van der Waals surface area contributed by atoms with Gasteiger partial charge in [0.05, 0.1) is 0 Å². The Kier molecular flexibility index (Phi) is 7.28. The first-order chi connectivity index (χ1) is 14.7. The highest BCUT2D eigenvalue weighted by atomic mass is 16.4. The zero-order valence-electron chi connectivity index (χ0n) is 16.3. The van der Waals surface area contributed by atoms with E-state index in [4.69, 9.17) is 0 Å². The van der Waals surface area contributed by atoms with E-state index in [-0.39, 0.29) is 5.56 Å². The summed E-state index contributed by atoms with van der Waals surface area (Å²) in [5.74, 6) is -2.34. The number of ketones is 1. The van der Waals surface area contributed by atoms with Gasteiger partial charge in [-0.2, -0.15) is 0 Å². The van der Waals surface area contributed by atoms with Gasteiger partial charge in [0, 0.05) is 11.5 Å². The van der Waals surface area contributed by atoms with Crippen molar-refractivity contribution in [3.63, 3.8) is 0 Å². The van der Waals surface area contributed by atoms with Crippen LogP contribution in [0.2, 0.25) is 0 Å². The van der Waals surface area contributed by atoms with E-state index >= 15 is 0 Å². The molecular formula is C27H21O3-. The predicted octanol–water partition coefficient (Wildman–Crippen LogP) is 4.49. The van der Waals surface area contributed by atoms with Crippen molar-refractivity contribution >= 4 is 11.8 Å². The van der Waals surface area contributed by atoms with Gasteiger partial charge in [-0.05, 0) is 16.7 Å². The van der Waals surface area contributed by atoms with Crippen LogP contribution in [0.4, 0.5) is 0 Å². The number of rotatable bonds is 5. The second-order valence-electron chi connectivity index (χ2n) is 6.65. The van der Waals surface area contributed by atoms with Gasteiger partial charge in [0.2, 0.25) is 5.78 Å². The highest BCUT2D eigenvalue weighted by Crippen LogP contribution is 2.31. The summed E-state index contributed by atoms with van der Waals surface area (Å²) in [6, 6.07) is 39.8. The molecule has 0 amide bonds. The molecule has 0 N–H and O–H groups in total. The van der Waals surface area contributed by atoms with Crippen molar-refractivity contribution in [1.29, 1.82) is 0 Å². The summed E-state index contributed by atoms with van der Waals surface area (Å²) in [6.07, 6.45) is 0. The van der Waals surface area contributed by atoms with Crippen molar-refractivity contribution in [2.24, 2.45) is 0 Å². The molecule has 4 aromatic rings. The maximum atomic E-state index is 10.7. The van der Waals surface area contributed by atoms with E-state index in [0.29, 0.717) is 5.92 Å². The number of hydrogen-bond donors (Lipinski definition) is 0. The molecule has 0 fully saturated rings. The van der Waals surface area contributed by atoms with E-state index in [0.717, 1.165) is 0 Å². The van der Waals surface area contributed by atoms with Crippen LogP contribution >= 0.6 is 0 Å². The fourth-order valence-corrected chi connectivity index (χ4v) is 3.22. The molecule has 3 nitrogen and oxygen atoms in total. The second-order valence-corrected chi connectivity index (χ2v) is 6.65. The van der Waals surface area contributed by atoms with Crippen LogP contribution in [0, 0.1) is 0 Å². The Bertz CT molecular complexity index is 966. The van der Waals surface area contributed by atoms with Crippen LogP contribution in [0.15, 0.2) is 121 Å². The average molecular weight is 393 g/mol. The molecule has 0 radical (unpaired) electrons. The van der Waals surface area contributed by atoms with E-state index in [1.165, 1.54) is 28.8 Å². The number of hydrogen-bond acceptors (Lipinski definition) is 3. The van der Waals surface area contributed by atoms with E-state index < -0.39 is 11.8 Å². The normalized spacial score (nSPS) is 10.0. The molecule has 0 atom stereocenters. The fraction of sp³-hybridized carbons (Fsp3) is 0.0370. The number of Topliss-reactive ketones (excluding diaryl/α,β-unsaturated/α-hetero) is 1. The molecule has 148 valence electrons. The van der Waals surface area contributed by atoms with Crippen molar-refractivity contribution in [2.45, 2.75) is 5.92 Å². The molecule has 0 aliphatic carbocycles. The molecule has 0 aliphatic rings. The number of aliphatic carboxylic acids is 1. The van der Waals surface area contributed by atoms with Gasteiger partial charge in [-0.15, -0.1) is 0 Å². The second kappa shape index (κ2) is 10.5. The minimum absolute atomic E-state index is 0.146. The zero-order chi connectivity index (χ0) is 21.2. The lowest BCUT2D eigenvalue weighted by atomic mass is 9.85. The number of carbonyl (C=O) groups is 2. The summed E-state index contributed by atoms with van der Waals surface area (Å²) in [4.78, 5) is 20.7. The standard InChI is InChI=1S/C19H16.C8H6O3/c1-4-10-16(11-5-1)19(17-12-6-2-7-13-17)18-14-8-3-9-15-18;9-7(8(10)11)6-4-2-1-3-5-6/h1-15,19H;1-5H,(H,10,11)/p-1. The van der Waals surface area contributed by atoms with Crippen LogP contribution in [-0.4, -0.2) is 11.8 Å². The van der Waals surface area contributed by atoms with E-state index in [1.54, 1.807) is 18.2 Å². The van der Waals surface area contributed by atoms with Gasteiger partial charge in [0.25, 0.3) is 0 Å². The van der Waals surface area contributed by atoms with Gasteiger partial charge >= 0.3 is 0 Å². The summed E-state index contributed by atoms with van der Waals surface area (Å²) in [5.41, 5.74) is 4.15. The molecule has 0 bridgehead atoms. The Morgan fingerprint density at radius 3 is 1.10 bits per heavy atom. The highest BCUT2D eigenvalue weighted by molar-refractivity contribution is 6.38. The summed E-state index contributed by atoms with van der Waals surface area (Å²) < 4.78 is 0. The van der Waals surface area contributed by atoms with Gasteiger partial charge in [0.1, 0.15) is 5.97 Å². The van der Waals surface area contributed by atoms with E-state index in [9.17, 15) is 14.7 Å². The lowest BCUT2D eigenvalue weighted by molar-refractivity contribution is -0.296. The lowest BCUT2D eigenvalue weighted by Crippen LogP contribution is -2.31. The maximum Gasteiger partial charge on any atom is 0.208 e. The minimum atomic E-state index is -1.67. The SMILES string of the molecule is O=C([O-])C(=O)c1ccccc1.c1ccc(C(c2ccccc2)c2ccccc2)cc1. The molecule has 0 saturated carbocycles. The average Bonchev–Trinajstić information content (AvgIpc) is 2.82. The van der Waals surface area contributed by atoms with E-state index in [2.05, 4.69) is 91.0 Å². The van der Waals surface area contributed by atoms with Gasteiger partial charge < -0.3 is 9.90 Å². The Labute approximate surface area is 176 Å². The summed E-state index contributed by atoms with van der Waals surface area (Å²) in [6.45, 7) is 0. The van der Waals surface area contributed by atoms with Crippen molar-refractivity contribution in [3.05, 3.63) is 144 Å². The summed E-state index contributed by atoms with van der Waals surface area (Å²) in [5, 5.41) is 10.0. The molecular weight excluding hydrogens is 372 g/mol. The smallest absolute Gasteiger partial charge is 0.208 e. The molecule has 30 heavy (non-hydrogen) atoms. The Morgan fingerprint density at radius 2 is 0.800 bits per heavy atom. The number of carboxylic acid groups (broad SMARTS) is 1. The molecule has 4 rings (SSSR count). The molecule has 0 heterocycles. The number of benzene rings is 4. The first kappa shape index (κ1) is 20.7. The third kappa shape index (κ3) is 5.52. The third-order valence-corrected chi connectivity index (χ3v) is 4.62. The van der Waals surface area contributed by atoms with Crippen molar-refractivity contribution < 1.29 is 14.7 Å². The van der Waals surface area contributed by atoms with Gasteiger partial charge in [0.15, 0.2) is 0 Å². The number of carbonyl (C=O) groups excluding carboxylic acids is 2. The molecule has 3 heteroatoms. The van der Waals surface area contributed by atoms with Gasteiger partial charge in [-0.25, -0.2) is 0 Å². The molecule has 0 spiro atoms. The minimum Gasteiger partial charge on any atom is -0.541 e. The molecule has 0 aromatic heterocycles. The zero-order valence-corrected chi connectivity index (χ0v) is 16.3. The quantitative estimate of drug-likeness (QED) is 0.285. The summed E-state index contributed by atoms with van der Waals surface area (Å²) >= 11 is 0. The lowest BCUT2D eigenvalue weighted by Gasteiger charge is -2.18. The monoisotopic (exact) mass is 393 g/mol. The van der Waals surface area contributed by atoms with Crippen LogP contribution in [-0.2, 0) is 4.79 Å². The van der Waals surface area contributed by atoms with Crippen molar-refractivity contribution in [1.82, 2.24) is 0 Å². The third-order valence-electron chi connectivity index (χ3n) is 4.62. The molecule has 0 aliphatic heterocycles. The Hall–Kier alpha value is -3.98. The van der Waals surface area contributed by atoms with Crippen molar-refractivity contribution in [3.8, 4) is 0 Å². The highest BCUT2D eigenvalue weighted by Gasteiger charge is 2.15. The van der Waals surface area contributed by atoms with Crippen LogP contribution in [0.5, 0.6) is 0 Å². The molecule has 0 saturated heterocycles. The predicted molar refractivity (Wildman–Crippen MR) is 116 cm³/mol. The topological polar surface area (TPSA) is 57.2 Å². The molecule has 4 aromatic carbocycles. The first-order valence-corrected chi connectivity index (χ1v) is 9.62. The number of carboxylic acids is 1. The molecule has 0 unspecified atom stereocenters. The fourth-order valence-electron chi connectivity index (χ4n) is 3.22. The van der Waals surface area contributed by atoms with Crippen LogP contribution in [0.3, 0.4) is 0 Å². The van der Waals surface area contributed by atoms with Gasteiger partial charge in [-0.3, -0.25) is 4.79 Å². The summed E-state index contributed by atoms with van der Waals surface area (Å²) in [7, 11) is 0.